The van der Waals surface area contributed by atoms with E-state index in [1.54, 1.807) is 84.9 Å². The van der Waals surface area contributed by atoms with Crippen LogP contribution in [0.25, 0.3) is 36.4 Å². The maximum Gasteiger partial charge on any atom is 0.255 e. The Balaban J connectivity index is 0.000000999. The van der Waals surface area contributed by atoms with Gasteiger partial charge in [-0.2, -0.15) is 5.21 Å². The molecule has 0 saturated heterocycles. The van der Waals surface area contributed by atoms with Crippen molar-refractivity contribution in [3.8, 4) is 11.4 Å². The van der Waals surface area contributed by atoms with Gasteiger partial charge in [0.1, 0.15) is 8.24 Å². The number of aromatic amines is 1. The van der Waals surface area contributed by atoms with Gasteiger partial charge < -0.3 is 21.7 Å². The highest BCUT2D eigenvalue weighted by atomic mass is 35.5. The van der Waals surface area contributed by atoms with Gasteiger partial charge in [-0.3, -0.25) is 19.2 Å². The van der Waals surface area contributed by atoms with Gasteiger partial charge in [0.05, 0.1) is 19.7 Å². The highest BCUT2D eigenvalue weighted by Crippen LogP contribution is 2.18. The molecule has 0 aliphatic heterocycles. The molecule has 0 aliphatic carbocycles. The molecular weight excluding hydrogens is 1060 g/mol. The standard InChI is InChI=1S/C14H11N5O.2C14H10N2O.C8H4ClNO.C6H7N.C3H9N3Si.CH4.B.2H2/c20-14(15-12-4-2-1-3-5-12)11-8-6-10(7-9-11)13-16-18-19-17-13;2*1-15-12-9-7-11(8-10-12)14(17)16-13-5-3-2-4-6-13;1-10-7-4-2-6(3-5-7)8(9)11;7-6-4-2-1-3-5-6;1-7(2,3)6-5-4;;;;/h1-9H,(H,15,20)(H,16,17,18,19);2*2-10H,(H,16,17);2-5H;1-5H,7H2;1-3H3;1H4;;2*1H/i;;;;;;;;2*1+1. The number of nitrogens with one attached hydrogen (secondary N) is 4. The van der Waals surface area contributed by atoms with Crippen molar-refractivity contribution >= 4 is 91.0 Å². The van der Waals surface area contributed by atoms with Crippen molar-refractivity contribution < 1.29 is 22.0 Å². The van der Waals surface area contributed by atoms with Gasteiger partial charge in [-0.1, -0.05) is 185 Å². The average molecular weight is 1120 g/mol. The first kappa shape index (κ1) is 66.2. The molecule has 0 spiro atoms. The minimum atomic E-state index is -1.45. The molecular formula is C60H59BClN14O4Si. The van der Waals surface area contributed by atoms with Crippen LogP contribution in [0, 0.1) is 19.7 Å². The van der Waals surface area contributed by atoms with E-state index in [1.807, 2.05) is 141 Å². The second kappa shape index (κ2) is 36.2. The number of aromatic nitrogens is 4. The average Bonchev–Trinajstić information content (AvgIpc) is 4.05. The quantitative estimate of drug-likeness (QED) is 0.0176. The fourth-order valence-corrected chi connectivity index (χ4v) is 6.25. The first-order valence-corrected chi connectivity index (χ1v) is 27.4. The first-order valence-electron chi connectivity index (χ1n) is 23.5. The number of benzene rings is 8. The number of H-pyrrole nitrogens is 1. The molecule has 9 rings (SSSR count). The summed E-state index contributed by atoms with van der Waals surface area (Å²) in [6.45, 7) is 26.3. The Morgan fingerprint density at radius 2 is 0.840 bits per heavy atom. The van der Waals surface area contributed by atoms with Crippen molar-refractivity contribution in [1.82, 2.24) is 20.6 Å². The number of carbonyl (C=O) groups excluding carboxylic acids is 4. The molecule has 3 amide bonds. The molecule has 0 unspecified atom stereocenters. The van der Waals surface area contributed by atoms with E-state index in [0.29, 0.717) is 45.1 Å². The van der Waals surface area contributed by atoms with E-state index in [2.05, 4.69) is 60.8 Å². The minimum absolute atomic E-state index is 0. The monoisotopic (exact) mass is 1120 g/mol. The van der Waals surface area contributed by atoms with Crippen LogP contribution in [0.5, 0.6) is 0 Å². The topological polar surface area (TPSA) is 247 Å². The molecule has 0 bridgehead atoms. The van der Waals surface area contributed by atoms with E-state index >= 15 is 0 Å². The summed E-state index contributed by atoms with van der Waals surface area (Å²) in [6.07, 6.45) is 0. The number of hydrogen-bond donors (Lipinski definition) is 5. The number of rotatable bonds is 9. The third kappa shape index (κ3) is 25.6. The van der Waals surface area contributed by atoms with Gasteiger partial charge in [-0.05, 0) is 87.9 Å². The van der Waals surface area contributed by atoms with Gasteiger partial charge in [0.2, 0.25) is 5.82 Å². The molecule has 0 fully saturated rings. The number of nitrogen functional groups attached to an aromatic ring is 1. The Hall–Kier alpha value is -10.9. The van der Waals surface area contributed by atoms with Crippen LogP contribution in [0.4, 0.5) is 39.8 Å². The molecule has 3 radical (unpaired) electrons. The normalized spacial score (nSPS) is 9.25. The lowest BCUT2D eigenvalue weighted by Crippen LogP contribution is -2.13. The molecule has 0 saturated carbocycles. The van der Waals surface area contributed by atoms with Gasteiger partial charge in [-0.15, -0.1) is 15.0 Å². The SMILES string of the molecule is C.C[Si](C)(C)N=[N+]=[N-].Nc1ccccc1.O=C(Nc1ccccc1)c1ccc(-c2nn[nH]n2)cc1.[2HH].[2HH].[B].[C-]#[N+]c1ccc(C(=O)Cl)cc1.[C-]#[N+]c1ccc(C(=O)Nc2ccccc2)cc1.[C-]#[N+]c1ccc(C(=O)Nc2ccccc2)cc1. The number of tetrazole rings is 1. The largest absolute Gasteiger partial charge is 0.399 e. The molecule has 6 N–H and O–H groups in total. The maximum atomic E-state index is 12.1. The Morgan fingerprint density at radius 3 is 1.07 bits per heavy atom. The molecule has 9 aromatic rings. The second-order valence-electron chi connectivity index (χ2n) is 16.8. The Labute approximate surface area is 481 Å². The van der Waals surface area contributed by atoms with Crippen molar-refractivity contribution in [3.05, 3.63) is 285 Å². The molecule has 1 heterocycles. The maximum absolute atomic E-state index is 12.1. The molecule has 21 heteroatoms. The van der Waals surface area contributed by atoms with Crippen LogP contribution in [0.15, 0.2) is 223 Å². The number of amides is 3. The van der Waals surface area contributed by atoms with Crippen LogP contribution < -0.4 is 21.7 Å². The number of para-hydroxylation sites is 4. The fourth-order valence-electron chi connectivity index (χ4n) is 5.86. The van der Waals surface area contributed by atoms with E-state index < -0.39 is 13.5 Å². The van der Waals surface area contributed by atoms with E-state index in [9.17, 15) is 19.2 Å². The second-order valence-corrected chi connectivity index (χ2v) is 21.7. The smallest absolute Gasteiger partial charge is 0.255 e. The summed E-state index contributed by atoms with van der Waals surface area (Å²) in [7, 11) is -1.45. The zero-order valence-electron chi connectivity index (χ0n) is 43.5. The lowest BCUT2D eigenvalue weighted by molar-refractivity contribution is 0.101. The Bertz CT molecular complexity index is 3410. The molecule has 18 nitrogen and oxygen atoms in total. The Kier molecular flexibility index (Phi) is 29.5. The third-order valence-electron chi connectivity index (χ3n) is 9.73. The fraction of sp³-hybridized carbons (Fsp3) is 0.0667. The molecule has 81 heavy (non-hydrogen) atoms. The summed E-state index contributed by atoms with van der Waals surface area (Å²) in [5, 5.41) is 21.5. The number of nitrogens with zero attached hydrogens (tertiary/aromatic N) is 9. The van der Waals surface area contributed by atoms with Crippen LogP contribution in [0.2, 0.25) is 19.6 Å². The molecule has 0 aliphatic rings. The summed E-state index contributed by atoms with van der Waals surface area (Å²) < 4.78 is 3.58. The highest BCUT2D eigenvalue weighted by molar-refractivity contribution is 6.74. The lowest BCUT2D eigenvalue weighted by atomic mass is 10.1. The predicted octanol–water partition coefficient (Wildman–Crippen LogP) is 15.9. The minimum Gasteiger partial charge on any atom is -0.399 e. The third-order valence-corrected chi connectivity index (χ3v) is 10.6. The van der Waals surface area contributed by atoms with Crippen molar-refractivity contribution in [3.63, 3.8) is 0 Å². The van der Waals surface area contributed by atoms with Gasteiger partial charge >= 0.3 is 0 Å². The van der Waals surface area contributed by atoms with Gasteiger partial charge in [-0.25, -0.2) is 14.5 Å². The summed E-state index contributed by atoms with van der Waals surface area (Å²) in [5.74, 6) is -0.00339. The van der Waals surface area contributed by atoms with Crippen LogP contribution in [0.1, 0.15) is 51.7 Å². The van der Waals surface area contributed by atoms with Crippen molar-refractivity contribution in [1.29, 1.82) is 0 Å². The van der Waals surface area contributed by atoms with Gasteiger partial charge in [0.15, 0.2) is 17.1 Å². The summed E-state index contributed by atoms with van der Waals surface area (Å²) in [5.41, 5.74) is 20.8. The summed E-state index contributed by atoms with van der Waals surface area (Å²) in [6, 6.07) is 63.6. The van der Waals surface area contributed by atoms with Gasteiger partial charge in [0.25, 0.3) is 23.0 Å². The zero-order chi connectivity index (χ0) is 57.3. The number of anilines is 4. The first-order chi connectivity index (χ1) is 38.1. The Morgan fingerprint density at radius 1 is 0.531 bits per heavy atom. The summed E-state index contributed by atoms with van der Waals surface area (Å²) >= 11 is 5.18. The van der Waals surface area contributed by atoms with Crippen LogP contribution in [-0.2, 0) is 0 Å². The van der Waals surface area contributed by atoms with Crippen LogP contribution in [-0.4, -0.2) is 60.2 Å². The molecule has 407 valence electrons. The van der Waals surface area contributed by atoms with Crippen molar-refractivity contribution in [2.75, 3.05) is 21.7 Å². The van der Waals surface area contributed by atoms with E-state index in [-0.39, 0.29) is 36.4 Å². The molecule has 1 aromatic heterocycles. The van der Waals surface area contributed by atoms with Crippen molar-refractivity contribution in [2.24, 2.45) is 4.78 Å². The van der Waals surface area contributed by atoms with Crippen LogP contribution in [0.3, 0.4) is 0 Å². The van der Waals surface area contributed by atoms with Gasteiger partial charge in [0, 0.05) is 61.8 Å². The highest BCUT2D eigenvalue weighted by Gasteiger charge is 2.10. The van der Waals surface area contributed by atoms with E-state index in [4.69, 9.17) is 42.6 Å². The number of hydrogen-bond acceptors (Lipinski definition) is 9. The van der Waals surface area contributed by atoms with E-state index in [1.165, 1.54) is 12.1 Å². The summed E-state index contributed by atoms with van der Waals surface area (Å²) in [4.78, 5) is 58.6. The lowest BCUT2D eigenvalue weighted by Gasteiger charge is -2.05. The van der Waals surface area contributed by atoms with Crippen LogP contribution >= 0.6 is 11.6 Å². The molecule has 8 aromatic carbocycles. The predicted molar refractivity (Wildman–Crippen MR) is 331 cm³/mol. The van der Waals surface area contributed by atoms with E-state index in [0.717, 1.165) is 28.3 Å². The number of nitrogens with two attached hydrogens (primary N) is 1. The van der Waals surface area contributed by atoms with Crippen molar-refractivity contribution in [2.45, 2.75) is 27.1 Å². The number of carbonyl (C=O) groups is 4. The number of halogens is 1. The molecule has 0 atom stereocenters. The number of azide groups is 1. The zero-order valence-corrected chi connectivity index (χ0v) is 45.2.